The Balaban J connectivity index is 1.87. The Bertz CT molecular complexity index is 557. The summed E-state index contributed by atoms with van der Waals surface area (Å²) in [5, 5.41) is 6.31. The Morgan fingerprint density at radius 2 is 1.61 bits per heavy atom. The molecule has 2 fully saturated rings. The Kier molecular flexibility index (Phi) is 2.30. The lowest BCUT2D eigenvalue weighted by molar-refractivity contribution is 0.486. The molecule has 2 aliphatic heterocycles. The van der Waals surface area contributed by atoms with Crippen LogP contribution in [0.2, 0.25) is 0 Å². The van der Waals surface area contributed by atoms with Crippen LogP contribution in [-0.4, -0.2) is 25.2 Å². The van der Waals surface area contributed by atoms with Gasteiger partial charge < -0.3 is 10.2 Å². The third-order valence-corrected chi connectivity index (χ3v) is 4.42. The summed E-state index contributed by atoms with van der Waals surface area (Å²) in [6, 6.07) is 16.8. The van der Waals surface area contributed by atoms with Crippen molar-refractivity contribution in [3.8, 4) is 0 Å². The van der Waals surface area contributed by atoms with Crippen molar-refractivity contribution in [1.29, 1.82) is 0 Å². The molecule has 2 atom stereocenters. The molecule has 2 aromatic rings. The molecular weight excluding hydrogens is 220 g/mol. The van der Waals surface area contributed by atoms with Crippen LogP contribution in [0.5, 0.6) is 0 Å². The lowest BCUT2D eigenvalue weighted by atomic mass is 10.1. The molecule has 1 N–H and O–H groups in total. The first-order valence-corrected chi connectivity index (χ1v) is 6.90. The molecule has 0 radical (unpaired) electrons. The highest BCUT2D eigenvalue weighted by molar-refractivity contribution is 5.94. The van der Waals surface area contributed by atoms with Gasteiger partial charge in [-0.1, -0.05) is 36.4 Å². The van der Waals surface area contributed by atoms with Crippen molar-refractivity contribution in [2.45, 2.75) is 24.9 Å². The standard InChI is InChI=1S/C16H18N2/c1-2-6-15-12(4-1)5-3-7-16(15)18-13-8-9-14(18)11-17-10-13/h1-7,13-14,17H,8-11H2. The van der Waals surface area contributed by atoms with Crippen LogP contribution < -0.4 is 10.2 Å². The topological polar surface area (TPSA) is 15.3 Å². The van der Waals surface area contributed by atoms with Crippen molar-refractivity contribution in [3.63, 3.8) is 0 Å². The van der Waals surface area contributed by atoms with Crippen LogP contribution >= 0.6 is 0 Å². The number of benzene rings is 2. The normalized spacial score (nSPS) is 26.8. The van der Waals surface area contributed by atoms with Gasteiger partial charge in [-0.25, -0.2) is 0 Å². The average molecular weight is 238 g/mol. The van der Waals surface area contributed by atoms with Crippen LogP contribution in [0.4, 0.5) is 5.69 Å². The predicted octanol–water partition coefficient (Wildman–Crippen LogP) is 2.78. The maximum atomic E-state index is 3.55. The fraction of sp³-hybridized carbons (Fsp3) is 0.375. The first-order chi connectivity index (χ1) is 8.93. The van der Waals surface area contributed by atoms with Gasteiger partial charge >= 0.3 is 0 Å². The Morgan fingerprint density at radius 3 is 2.44 bits per heavy atom. The van der Waals surface area contributed by atoms with E-state index in [1.165, 1.54) is 29.3 Å². The van der Waals surface area contributed by atoms with Gasteiger partial charge in [-0.2, -0.15) is 0 Å². The lowest BCUT2D eigenvalue weighted by Crippen LogP contribution is -2.52. The summed E-state index contributed by atoms with van der Waals surface area (Å²) in [4.78, 5) is 2.67. The van der Waals surface area contributed by atoms with E-state index in [4.69, 9.17) is 0 Å². The number of nitrogens with zero attached hydrogens (tertiary/aromatic N) is 1. The predicted molar refractivity (Wildman–Crippen MR) is 76.1 cm³/mol. The summed E-state index contributed by atoms with van der Waals surface area (Å²) in [6.07, 6.45) is 2.67. The number of hydrogen-bond donors (Lipinski definition) is 1. The first-order valence-electron chi connectivity index (χ1n) is 6.90. The van der Waals surface area contributed by atoms with E-state index >= 15 is 0 Å². The number of hydrogen-bond acceptors (Lipinski definition) is 2. The van der Waals surface area contributed by atoms with Gasteiger partial charge in [0, 0.05) is 36.2 Å². The maximum Gasteiger partial charge on any atom is 0.0451 e. The summed E-state index contributed by atoms with van der Waals surface area (Å²) in [5.74, 6) is 0. The minimum atomic E-state index is 0.689. The molecule has 2 saturated heterocycles. The Labute approximate surface area is 108 Å². The number of piperazine rings is 1. The Hall–Kier alpha value is -1.54. The van der Waals surface area contributed by atoms with E-state index in [1.807, 2.05) is 0 Å². The van der Waals surface area contributed by atoms with Gasteiger partial charge in [-0.3, -0.25) is 0 Å². The third kappa shape index (κ3) is 1.45. The van der Waals surface area contributed by atoms with E-state index in [0.29, 0.717) is 12.1 Å². The second-order valence-corrected chi connectivity index (χ2v) is 5.45. The van der Waals surface area contributed by atoms with Gasteiger partial charge in [0.05, 0.1) is 0 Å². The van der Waals surface area contributed by atoms with Crippen molar-refractivity contribution in [1.82, 2.24) is 5.32 Å². The van der Waals surface area contributed by atoms with Gasteiger partial charge in [-0.05, 0) is 24.3 Å². The van der Waals surface area contributed by atoms with Crippen molar-refractivity contribution in [3.05, 3.63) is 42.5 Å². The molecule has 4 rings (SSSR count). The third-order valence-electron chi connectivity index (χ3n) is 4.42. The molecule has 0 aliphatic carbocycles. The molecular formula is C16H18N2. The molecule has 0 spiro atoms. The highest BCUT2D eigenvalue weighted by Gasteiger charge is 2.36. The minimum absolute atomic E-state index is 0.689. The highest BCUT2D eigenvalue weighted by Crippen LogP contribution is 2.36. The number of fused-ring (bicyclic) bond motifs is 3. The van der Waals surface area contributed by atoms with Gasteiger partial charge in [-0.15, -0.1) is 0 Å². The fourth-order valence-corrected chi connectivity index (χ4v) is 3.61. The largest absolute Gasteiger partial charge is 0.363 e. The number of rotatable bonds is 1. The summed E-state index contributed by atoms with van der Waals surface area (Å²) >= 11 is 0. The molecule has 18 heavy (non-hydrogen) atoms. The van der Waals surface area contributed by atoms with Gasteiger partial charge in [0.2, 0.25) is 0 Å². The monoisotopic (exact) mass is 238 g/mol. The zero-order valence-corrected chi connectivity index (χ0v) is 10.5. The molecule has 2 aromatic carbocycles. The SMILES string of the molecule is c1ccc2c(N3C4CCC3CNC4)cccc2c1. The molecule has 2 heteroatoms. The van der Waals surface area contributed by atoms with Crippen LogP contribution in [0.1, 0.15) is 12.8 Å². The summed E-state index contributed by atoms with van der Waals surface area (Å²) in [5.41, 5.74) is 1.43. The quantitative estimate of drug-likeness (QED) is 0.822. The summed E-state index contributed by atoms with van der Waals surface area (Å²) < 4.78 is 0. The van der Waals surface area contributed by atoms with E-state index in [1.54, 1.807) is 0 Å². The van der Waals surface area contributed by atoms with Crippen molar-refractivity contribution in [2.24, 2.45) is 0 Å². The molecule has 2 nitrogen and oxygen atoms in total. The molecule has 2 unspecified atom stereocenters. The zero-order valence-electron chi connectivity index (χ0n) is 10.5. The average Bonchev–Trinajstić information content (AvgIpc) is 2.67. The summed E-state index contributed by atoms with van der Waals surface area (Å²) in [6.45, 7) is 2.28. The molecule has 2 bridgehead atoms. The van der Waals surface area contributed by atoms with Gasteiger partial charge in [0.25, 0.3) is 0 Å². The number of anilines is 1. The zero-order chi connectivity index (χ0) is 11.9. The highest BCUT2D eigenvalue weighted by atomic mass is 15.3. The number of nitrogens with one attached hydrogen (secondary N) is 1. The first kappa shape index (κ1) is 10.4. The van der Waals surface area contributed by atoms with E-state index in [9.17, 15) is 0 Å². The molecule has 0 amide bonds. The minimum Gasteiger partial charge on any atom is -0.363 e. The van der Waals surface area contributed by atoms with Crippen molar-refractivity contribution >= 4 is 16.5 Å². The van der Waals surface area contributed by atoms with Crippen LogP contribution in [0.3, 0.4) is 0 Å². The second-order valence-electron chi connectivity index (χ2n) is 5.45. The van der Waals surface area contributed by atoms with E-state index in [2.05, 4.69) is 52.7 Å². The second kappa shape index (κ2) is 3.99. The maximum absolute atomic E-state index is 3.55. The van der Waals surface area contributed by atoms with E-state index in [-0.39, 0.29) is 0 Å². The van der Waals surface area contributed by atoms with Crippen LogP contribution in [0.25, 0.3) is 10.8 Å². The molecule has 92 valence electrons. The molecule has 2 aliphatic rings. The fourth-order valence-electron chi connectivity index (χ4n) is 3.61. The van der Waals surface area contributed by atoms with Gasteiger partial charge in [0.15, 0.2) is 0 Å². The van der Waals surface area contributed by atoms with Crippen LogP contribution in [0, 0.1) is 0 Å². The molecule has 0 saturated carbocycles. The van der Waals surface area contributed by atoms with Gasteiger partial charge in [0.1, 0.15) is 0 Å². The molecule has 0 aromatic heterocycles. The van der Waals surface area contributed by atoms with E-state index in [0.717, 1.165) is 13.1 Å². The summed E-state index contributed by atoms with van der Waals surface area (Å²) in [7, 11) is 0. The Morgan fingerprint density at radius 1 is 0.889 bits per heavy atom. The van der Waals surface area contributed by atoms with Crippen LogP contribution in [-0.2, 0) is 0 Å². The van der Waals surface area contributed by atoms with E-state index < -0.39 is 0 Å². The smallest absolute Gasteiger partial charge is 0.0451 e. The lowest BCUT2D eigenvalue weighted by Gasteiger charge is -2.38. The van der Waals surface area contributed by atoms with Crippen molar-refractivity contribution in [2.75, 3.05) is 18.0 Å². The molecule has 2 heterocycles. The van der Waals surface area contributed by atoms with Crippen molar-refractivity contribution < 1.29 is 0 Å². The van der Waals surface area contributed by atoms with Crippen LogP contribution in [0.15, 0.2) is 42.5 Å².